The normalized spacial score (nSPS) is 15.1. The second-order valence-electron chi connectivity index (χ2n) is 9.17. The van der Waals surface area contributed by atoms with E-state index >= 15 is 0 Å². The number of likely N-dealkylation sites (tertiary alicyclic amines) is 1. The quantitative estimate of drug-likeness (QED) is 0.266. The average molecular weight is 630 g/mol. The molecule has 11 nitrogen and oxygen atoms in total. The summed E-state index contributed by atoms with van der Waals surface area (Å²) in [6, 6.07) is 11.8. The Hall–Kier alpha value is -3.85. The van der Waals surface area contributed by atoms with Crippen molar-refractivity contribution in [3.8, 4) is 5.75 Å². The molecule has 2 amide bonds. The number of carboxylic acid groups (broad SMARTS) is 1. The number of esters is 1. The number of benzene rings is 1. The molecule has 0 spiro atoms. The van der Waals surface area contributed by atoms with Crippen molar-refractivity contribution in [1.29, 1.82) is 0 Å². The second kappa shape index (κ2) is 18.0. The number of thioether (sulfide) groups is 1. The Labute approximate surface area is 251 Å². The number of carboxylic acids is 1. The molecule has 1 aromatic carbocycles. The summed E-state index contributed by atoms with van der Waals surface area (Å²) in [5.74, 6) is -2.59. The fourth-order valence-corrected chi connectivity index (χ4v) is 4.48. The van der Waals surface area contributed by atoms with Gasteiger partial charge in [-0.3, -0.25) is 14.6 Å². The molecule has 1 fully saturated rings. The Morgan fingerprint density at radius 1 is 1.16 bits per heavy atom. The highest BCUT2D eigenvalue weighted by Crippen LogP contribution is 2.22. The number of aromatic nitrogens is 1. The Bertz CT molecular complexity index is 1170. The third kappa shape index (κ3) is 12.1. The van der Waals surface area contributed by atoms with E-state index in [0.29, 0.717) is 37.3 Å². The molecule has 1 aliphatic rings. The number of amides is 2. The number of ether oxygens (including phenoxy) is 2. The van der Waals surface area contributed by atoms with Crippen LogP contribution in [0.4, 0.5) is 18.0 Å². The Balaban J connectivity index is 0.000000821. The van der Waals surface area contributed by atoms with Crippen molar-refractivity contribution in [2.24, 2.45) is 0 Å². The molecule has 0 aliphatic carbocycles. The summed E-state index contributed by atoms with van der Waals surface area (Å²) in [6.45, 7) is 0.577. The summed E-state index contributed by atoms with van der Waals surface area (Å²) >= 11 is 1.57. The van der Waals surface area contributed by atoms with Crippen LogP contribution in [-0.2, 0) is 30.4 Å². The smallest absolute Gasteiger partial charge is 0.475 e. The van der Waals surface area contributed by atoms with Crippen LogP contribution in [0.25, 0.3) is 0 Å². The predicted molar refractivity (Wildman–Crippen MR) is 150 cm³/mol. The Kier molecular flexibility index (Phi) is 14.8. The summed E-state index contributed by atoms with van der Waals surface area (Å²) in [5, 5.41) is 8.29. The molecule has 1 saturated heterocycles. The SMILES string of the molecule is COC(=O)[C@H](CCSC)N(OCC1CCCN1C(=O)Oc1cccnc1)C(=O)CCc1ccccc1.O=C(O)C(F)(F)F. The molecule has 1 N–H and O–H groups in total. The van der Waals surface area contributed by atoms with Crippen molar-refractivity contribution in [2.45, 2.75) is 50.4 Å². The van der Waals surface area contributed by atoms with E-state index in [1.807, 2.05) is 36.6 Å². The average Bonchev–Trinajstić information content (AvgIpc) is 3.47. The van der Waals surface area contributed by atoms with Crippen molar-refractivity contribution in [2.75, 3.05) is 32.3 Å². The van der Waals surface area contributed by atoms with Gasteiger partial charge in [-0.25, -0.2) is 19.4 Å². The Morgan fingerprint density at radius 3 is 2.44 bits per heavy atom. The van der Waals surface area contributed by atoms with E-state index in [-0.39, 0.29) is 25.0 Å². The van der Waals surface area contributed by atoms with Crippen LogP contribution in [0.1, 0.15) is 31.2 Å². The number of halogens is 3. The van der Waals surface area contributed by atoms with E-state index in [4.69, 9.17) is 24.2 Å². The predicted octanol–water partition coefficient (Wildman–Crippen LogP) is 4.37. The van der Waals surface area contributed by atoms with Crippen LogP contribution in [-0.4, -0.2) is 94.5 Å². The lowest BCUT2D eigenvalue weighted by atomic mass is 10.1. The molecular formula is C28H34F3N3O8S. The maximum absolute atomic E-state index is 13.3. The van der Waals surface area contributed by atoms with Gasteiger partial charge < -0.3 is 19.5 Å². The van der Waals surface area contributed by atoms with E-state index in [0.717, 1.165) is 17.0 Å². The molecule has 2 aromatic rings. The molecule has 1 aromatic heterocycles. The number of aliphatic carboxylic acids is 1. The number of pyridine rings is 1. The lowest BCUT2D eigenvalue weighted by Crippen LogP contribution is -2.48. The topological polar surface area (TPSA) is 136 Å². The number of rotatable bonds is 12. The fraction of sp³-hybridized carbons (Fsp3) is 0.464. The summed E-state index contributed by atoms with van der Waals surface area (Å²) in [5.41, 5.74) is 1.02. The van der Waals surface area contributed by atoms with E-state index in [9.17, 15) is 27.6 Å². The molecule has 3 rings (SSSR count). The van der Waals surface area contributed by atoms with Gasteiger partial charge in [0.25, 0.3) is 0 Å². The van der Waals surface area contributed by atoms with Crippen molar-refractivity contribution in [3.63, 3.8) is 0 Å². The highest BCUT2D eigenvalue weighted by Gasteiger charge is 2.38. The molecule has 2 atom stereocenters. The van der Waals surface area contributed by atoms with E-state index < -0.39 is 30.2 Å². The van der Waals surface area contributed by atoms with Gasteiger partial charge in [0.1, 0.15) is 0 Å². The number of carbonyl (C=O) groups is 4. The lowest BCUT2D eigenvalue weighted by Gasteiger charge is -2.31. The molecule has 0 bridgehead atoms. The van der Waals surface area contributed by atoms with Crippen molar-refractivity contribution < 1.29 is 51.8 Å². The number of hydrogen-bond acceptors (Lipinski definition) is 9. The molecule has 0 saturated carbocycles. The summed E-state index contributed by atoms with van der Waals surface area (Å²) in [6.07, 6.45) is 1.98. The van der Waals surface area contributed by atoms with Crippen molar-refractivity contribution in [3.05, 3.63) is 60.4 Å². The number of hydrogen-bond donors (Lipinski definition) is 1. The van der Waals surface area contributed by atoms with Crippen LogP contribution < -0.4 is 4.74 Å². The largest absolute Gasteiger partial charge is 0.490 e. The van der Waals surface area contributed by atoms with Crippen LogP contribution in [0.5, 0.6) is 5.75 Å². The number of carbonyl (C=O) groups excluding carboxylic acids is 3. The fourth-order valence-electron chi connectivity index (χ4n) is 4.02. The zero-order valence-electron chi connectivity index (χ0n) is 23.7. The van der Waals surface area contributed by atoms with Crippen LogP contribution in [0.2, 0.25) is 0 Å². The lowest BCUT2D eigenvalue weighted by molar-refractivity contribution is -0.211. The van der Waals surface area contributed by atoms with Gasteiger partial charge in [0.2, 0.25) is 5.91 Å². The van der Waals surface area contributed by atoms with E-state index in [2.05, 4.69) is 4.98 Å². The maximum Gasteiger partial charge on any atom is 0.490 e. The maximum atomic E-state index is 13.3. The van der Waals surface area contributed by atoms with Gasteiger partial charge in [0, 0.05) is 19.2 Å². The molecule has 2 heterocycles. The summed E-state index contributed by atoms with van der Waals surface area (Å²) in [7, 11) is 1.30. The van der Waals surface area contributed by atoms with Gasteiger partial charge in [-0.05, 0) is 55.4 Å². The van der Waals surface area contributed by atoms with Gasteiger partial charge >= 0.3 is 24.2 Å². The van der Waals surface area contributed by atoms with Gasteiger partial charge in [0.05, 0.1) is 26.0 Å². The molecule has 0 radical (unpaired) electrons. The van der Waals surface area contributed by atoms with Gasteiger partial charge in [-0.15, -0.1) is 0 Å². The van der Waals surface area contributed by atoms with Crippen LogP contribution >= 0.6 is 11.8 Å². The molecular weight excluding hydrogens is 595 g/mol. The van der Waals surface area contributed by atoms with E-state index in [1.54, 1.807) is 35.0 Å². The monoisotopic (exact) mass is 629 g/mol. The first kappa shape index (κ1) is 35.3. The van der Waals surface area contributed by atoms with Gasteiger partial charge in [-0.1, -0.05) is 30.3 Å². The molecule has 1 unspecified atom stereocenters. The third-order valence-corrected chi connectivity index (χ3v) is 6.81. The van der Waals surface area contributed by atoms with Crippen LogP contribution in [0.3, 0.4) is 0 Å². The second-order valence-corrected chi connectivity index (χ2v) is 10.2. The zero-order valence-corrected chi connectivity index (χ0v) is 24.5. The summed E-state index contributed by atoms with van der Waals surface area (Å²) in [4.78, 5) is 59.1. The number of alkyl halides is 3. The number of nitrogens with zero attached hydrogens (tertiary/aromatic N) is 3. The summed E-state index contributed by atoms with van der Waals surface area (Å²) < 4.78 is 42.2. The number of aryl methyl sites for hydroxylation is 1. The van der Waals surface area contributed by atoms with Gasteiger partial charge in [-0.2, -0.15) is 24.9 Å². The molecule has 15 heteroatoms. The standard InChI is InChI=1S/C26H33N3O6S.C2HF3O2/c1-33-25(31)23(14-17-36-2)29(24(30)13-12-20-8-4-3-5-9-20)34-19-21-10-7-16-28(21)26(32)35-22-11-6-15-27-18-22;3-2(4,5)1(6)7/h3-6,8-9,11,15,18,21,23H,7,10,12-14,16-17,19H2,1-2H3;(H,6,7)/t21?,23-;/m0./s1. The first-order valence-electron chi connectivity index (χ1n) is 13.2. The van der Waals surface area contributed by atoms with Crippen molar-refractivity contribution in [1.82, 2.24) is 14.9 Å². The molecule has 236 valence electrons. The van der Waals surface area contributed by atoms with Crippen LogP contribution in [0, 0.1) is 0 Å². The minimum absolute atomic E-state index is 0.0615. The van der Waals surface area contributed by atoms with E-state index in [1.165, 1.54) is 13.3 Å². The minimum atomic E-state index is -5.08. The number of methoxy groups -OCH3 is 1. The van der Waals surface area contributed by atoms with Crippen molar-refractivity contribution >= 4 is 35.7 Å². The third-order valence-electron chi connectivity index (χ3n) is 6.17. The number of hydroxylamine groups is 2. The molecule has 1 aliphatic heterocycles. The molecule has 43 heavy (non-hydrogen) atoms. The highest BCUT2D eigenvalue weighted by atomic mass is 32.2. The van der Waals surface area contributed by atoms with Gasteiger partial charge in [0.15, 0.2) is 11.8 Å². The first-order chi connectivity index (χ1) is 20.5. The zero-order chi connectivity index (χ0) is 31.8. The Morgan fingerprint density at radius 2 is 1.86 bits per heavy atom. The first-order valence-corrected chi connectivity index (χ1v) is 14.6. The minimum Gasteiger partial charge on any atom is -0.475 e. The highest BCUT2D eigenvalue weighted by molar-refractivity contribution is 7.98. The van der Waals surface area contributed by atoms with Crippen LogP contribution in [0.15, 0.2) is 54.9 Å².